The summed E-state index contributed by atoms with van der Waals surface area (Å²) in [5, 5.41) is 5.59. The molecule has 2 rings (SSSR count). The minimum absolute atomic E-state index is 0.249. The summed E-state index contributed by atoms with van der Waals surface area (Å²) in [6.07, 6.45) is 0.691. The van der Waals surface area contributed by atoms with Crippen LogP contribution in [-0.2, 0) is 6.42 Å². The van der Waals surface area contributed by atoms with E-state index in [1.807, 2.05) is 18.2 Å². The van der Waals surface area contributed by atoms with Crippen LogP contribution in [0.5, 0.6) is 17.2 Å². The summed E-state index contributed by atoms with van der Waals surface area (Å²) in [6, 6.07) is 12.6. The zero-order chi connectivity index (χ0) is 17.4. The lowest BCUT2D eigenvalue weighted by atomic mass is 10.1. The first-order valence-corrected chi connectivity index (χ1v) is 7.56. The fourth-order valence-electron chi connectivity index (χ4n) is 2.21. The topological polar surface area (TPSA) is 68.8 Å². The van der Waals surface area contributed by atoms with E-state index in [2.05, 4.69) is 10.6 Å². The van der Waals surface area contributed by atoms with Crippen LogP contribution in [0.15, 0.2) is 42.5 Å². The van der Waals surface area contributed by atoms with Crippen molar-refractivity contribution in [3.05, 3.63) is 48.0 Å². The van der Waals surface area contributed by atoms with Gasteiger partial charge in [-0.2, -0.15) is 0 Å². The second-order valence-corrected chi connectivity index (χ2v) is 5.05. The van der Waals surface area contributed by atoms with Gasteiger partial charge in [-0.15, -0.1) is 0 Å². The minimum atomic E-state index is -0.249. The summed E-state index contributed by atoms with van der Waals surface area (Å²) < 4.78 is 15.5. The average molecular weight is 330 g/mol. The van der Waals surface area contributed by atoms with Crippen molar-refractivity contribution < 1.29 is 19.0 Å². The lowest BCUT2D eigenvalue weighted by Crippen LogP contribution is -2.30. The van der Waals surface area contributed by atoms with Gasteiger partial charge in [0.2, 0.25) is 0 Å². The number of anilines is 1. The van der Waals surface area contributed by atoms with E-state index < -0.39 is 0 Å². The molecule has 2 N–H and O–H groups in total. The summed E-state index contributed by atoms with van der Waals surface area (Å²) in [6.45, 7) is 0.511. The van der Waals surface area contributed by atoms with Gasteiger partial charge in [-0.3, -0.25) is 0 Å². The fourth-order valence-corrected chi connectivity index (χ4v) is 2.21. The third-order valence-electron chi connectivity index (χ3n) is 3.50. The fraction of sp³-hybridized carbons (Fsp3) is 0.278. The maximum absolute atomic E-state index is 11.9. The number of benzene rings is 2. The first kappa shape index (κ1) is 17.5. The first-order chi connectivity index (χ1) is 11.7. The Labute approximate surface area is 141 Å². The van der Waals surface area contributed by atoms with Crippen molar-refractivity contribution in [3.63, 3.8) is 0 Å². The van der Waals surface area contributed by atoms with Gasteiger partial charge in [0, 0.05) is 12.2 Å². The number of carbonyl (C=O) groups is 1. The van der Waals surface area contributed by atoms with Gasteiger partial charge in [0.1, 0.15) is 5.75 Å². The number of hydrogen-bond donors (Lipinski definition) is 2. The summed E-state index contributed by atoms with van der Waals surface area (Å²) in [7, 11) is 4.80. The number of amides is 2. The van der Waals surface area contributed by atoms with Crippen LogP contribution in [-0.4, -0.2) is 33.9 Å². The molecule has 0 aliphatic rings. The van der Waals surface area contributed by atoms with Gasteiger partial charge in [-0.05, 0) is 48.4 Å². The third-order valence-corrected chi connectivity index (χ3v) is 3.50. The Hall–Kier alpha value is -2.89. The molecule has 24 heavy (non-hydrogen) atoms. The predicted molar refractivity (Wildman–Crippen MR) is 93.3 cm³/mol. The Morgan fingerprint density at radius 3 is 2.25 bits per heavy atom. The summed E-state index contributed by atoms with van der Waals surface area (Å²) in [4.78, 5) is 11.9. The first-order valence-electron chi connectivity index (χ1n) is 7.56. The molecular formula is C18H22N2O4. The molecule has 128 valence electrons. The van der Waals surface area contributed by atoms with Gasteiger partial charge in [0.05, 0.1) is 21.3 Å². The van der Waals surface area contributed by atoms with E-state index in [-0.39, 0.29) is 6.03 Å². The van der Waals surface area contributed by atoms with Crippen molar-refractivity contribution in [2.24, 2.45) is 0 Å². The molecule has 2 aromatic rings. The van der Waals surface area contributed by atoms with Crippen LogP contribution < -0.4 is 24.8 Å². The highest BCUT2D eigenvalue weighted by atomic mass is 16.5. The highest BCUT2D eigenvalue weighted by molar-refractivity contribution is 5.89. The largest absolute Gasteiger partial charge is 0.497 e. The molecule has 0 heterocycles. The number of rotatable bonds is 7. The number of hydrogen-bond acceptors (Lipinski definition) is 4. The predicted octanol–water partition coefficient (Wildman–Crippen LogP) is 3.08. The van der Waals surface area contributed by atoms with Crippen molar-refractivity contribution >= 4 is 11.7 Å². The van der Waals surface area contributed by atoms with E-state index in [0.717, 1.165) is 11.3 Å². The molecule has 6 nitrogen and oxygen atoms in total. The van der Waals surface area contributed by atoms with Gasteiger partial charge in [-0.25, -0.2) is 4.79 Å². The van der Waals surface area contributed by atoms with E-state index in [1.165, 1.54) is 0 Å². The van der Waals surface area contributed by atoms with Gasteiger partial charge in [0.15, 0.2) is 11.5 Å². The highest BCUT2D eigenvalue weighted by Crippen LogP contribution is 2.27. The molecule has 0 aromatic heterocycles. The lowest BCUT2D eigenvalue weighted by Gasteiger charge is -2.11. The van der Waals surface area contributed by atoms with E-state index in [1.54, 1.807) is 45.6 Å². The normalized spacial score (nSPS) is 9.96. The number of urea groups is 1. The van der Waals surface area contributed by atoms with Gasteiger partial charge in [0.25, 0.3) is 0 Å². The summed E-state index contributed by atoms with van der Waals surface area (Å²) >= 11 is 0. The zero-order valence-electron chi connectivity index (χ0n) is 14.1. The quantitative estimate of drug-likeness (QED) is 0.818. The molecular weight excluding hydrogens is 308 g/mol. The van der Waals surface area contributed by atoms with Crippen LogP contribution in [0.1, 0.15) is 5.56 Å². The molecule has 0 atom stereocenters. The Balaban J connectivity index is 1.81. The molecule has 0 saturated carbocycles. The molecule has 0 aliphatic carbocycles. The number of nitrogens with one attached hydrogen (secondary N) is 2. The van der Waals surface area contributed by atoms with E-state index in [9.17, 15) is 4.79 Å². The highest BCUT2D eigenvalue weighted by Gasteiger charge is 2.06. The molecule has 0 saturated heterocycles. The Bertz CT molecular complexity index is 671. The van der Waals surface area contributed by atoms with Crippen molar-refractivity contribution in [1.82, 2.24) is 5.32 Å². The molecule has 2 aromatic carbocycles. The van der Waals surface area contributed by atoms with Crippen LogP contribution in [0.3, 0.4) is 0 Å². The molecule has 2 amide bonds. The third kappa shape index (κ3) is 4.81. The monoisotopic (exact) mass is 330 g/mol. The van der Waals surface area contributed by atoms with Crippen molar-refractivity contribution in [1.29, 1.82) is 0 Å². The second kappa shape index (κ2) is 8.67. The maximum Gasteiger partial charge on any atom is 0.319 e. The van der Waals surface area contributed by atoms with Crippen LogP contribution in [0.25, 0.3) is 0 Å². The maximum atomic E-state index is 11.9. The second-order valence-electron chi connectivity index (χ2n) is 5.05. The van der Waals surface area contributed by atoms with Crippen LogP contribution >= 0.6 is 0 Å². The van der Waals surface area contributed by atoms with Gasteiger partial charge < -0.3 is 24.8 Å². The number of carbonyl (C=O) groups excluding carboxylic acids is 1. The number of methoxy groups -OCH3 is 3. The van der Waals surface area contributed by atoms with Crippen LogP contribution in [0.2, 0.25) is 0 Å². The average Bonchev–Trinajstić information content (AvgIpc) is 2.62. The molecule has 6 heteroatoms. The van der Waals surface area contributed by atoms with Crippen LogP contribution in [0, 0.1) is 0 Å². The van der Waals surface area contributed by atoms with Crippen LogP contribution in [0.4, 0.5) is 10.5 Å². The molecule has 0 fully saturated rings. The lowest BCUT2D eigenvalue weighted by molar-refractivity contribution is 0.252. The van der Waals surface area contributed by atoms with E-state index in [4.69, 9.17) is 14.2 Å². The Morgan fingerprint density at radius 1 is 0.917 bits per heavy atom. The zero-order valence-corrected chi connectivity index (χ0v) is 14.1. The Kier molecular flexibility index (Phi) is 6.31. The summed E-state index contributed by atoms with van der Waals surface area (Å²) in [5.41, 5.74) is 1.76. The van der Waals surface area contributed by atoms with Crippen molar-refractivity contribution in [2.45, 2.75) is 6.42 Å². The van der Waals surface area contributed by atoms with Crippen molar-refractivity contribution in [2.75, 3.05) is 33.2 Å². The molecule has 0 radical (unpaired) electrons. The number of ether oxygens (including phenoxy) is 3. The smallest absolute Gasteiger partial charge is 0.319 e. The van der Waals surface area contributed by atoms with E-state index >= 15 is 0 Å². The van der Waals surface area contributed by atoms with Gasteiger partial charge >= 0.3 is 6.03 Å². The molecule has 0 spiro atoms. The molecule has 0 aliphatic heterocycles. The molecule has 0 unspecified atom stereocenters. The Morgan fingerprint density at radius 2 is 1.62 bits per heavy atom. The SMILES string of the molecule is COc1ccc(NC(=O)NCCc2ccc(OC)c(OC)c2)cc1. The molecule has 0 bridgehead atoms. The van der Waals surface area contributed by atoms with E-state index in [0.29, 0.717) is 30.2 Å². The summed E-state index contributed by atoms with van der Waals surface area (Å²) in [5.74, 6) is 2.11. The van der Waals surface area contributed by atoms with Crippen molar-refractivity contribution in [3.8, 4) is 17.2 Å². The van der Waals surface area contributed by atoms with Gasteiger partial charge in [-0.1, -0.05) is 6.07 Å². The minimum Gasteiger partial charge on any atom is -0.497 e. The standard InChI is InChI=1S/C18H22N2O4/c1-22-15-7-5-14(6-8-15)20-18(21)19-11-10-13-4-9-16(23-2)17(12-13)24-3/h4-9,12H,10-11H2,1-3H3,(H2,19,20,21).